The van der Waals surface area contributed by atoms with Gasteiger partial charge in [-0.15, -0.1) is 0 Å². The molecular weight excluding hydrogens is 480 g/mol. The molecule has 0 atom stereocenters. The minimum atomic E-state index is -0.531. The first-order valence-corrected chi connectivity index (χ1v) is 11.1. The molecule has 0 radical (unpaired) electrons. The van der Waals surface area contributed by atoms with Gasteiger partial charge in [0, 0.05) is 27.2 Å². The number of ether oxygens (including phenoxy) is 1. The number of nitriles is 1. The molecule has 0 saturated heterocycles. The largest absolute Gasteiger partial charge is 0.507 e. The Morgan fingerprint density at radius 2 is 1.78 bits per heavy atom. The van der Waals surface area contributed by atoms with Gasteiger partial charge in [0.05, 0.1) is 11.8 Å². The Bertz CT molecular complexity index is 1510. The Morgan fingerprint density at radius 3 is 2.53 bits per heavy atom. The van der Waals surface area contributed by atoms with Crippen molar-refractivity contribution in [3.8, 4) is 17.6 Å². The second-order valence-corrected chi connectivity index (χ2v) is 8.02. The van der Waals surface area contributed by atoms with Crippen LogP contribution in [0.1, 0.15) is 21.5 Å². The van der Waals surface area contributed by atoms with E-state index in [4.69, 9.17) is 21.6 Å². The summed E-state index contributed by atoms with van der Waals surface area (Å²) in [6.45, 7) is -0.171. The second kappa shape index (κ2) is 11.0. The number of nitrogens with zero attached hydrogens (tertiary/aromatic N) is 2. The molecule has 0 saturated carbocycles. The Hall–Kier alpha value is -4.87. The van der Waals surface area contributed by atoms with E-state index in [2.05, 4.69) is 15.8 Å². The van der Waals surface area contributed by atoms with Crippen LogP contribution in [0.4, 0.5) is 5.69 Å². The molecule has 0 aliphatic heterocycles. The lowest BCUT2D eigenvalue weighted by molar-refractivity contribution is -0.118. The van der Waals surface area contributed by atoms with Crippen molar-refractivity contribution in [1.82, 2.24) is 5.43 Å². The maximum absolute atomic E-state index is 12.5. The number of halogens is 1. The number of anilines is 1. The van der Waals surface area contributed by atoms with Gasteiger partial charge in [-0.05, 0) is 53.9 Å². The molecule has 0 spiro atoms. The molecular formula is C27H19ClN4O4. The van der Waals surface area contributed by atoms with E-state index in [1.54, 1.807) is 36.4 Å². The fourth-order valence-corrected chi connectivity index (χ4v) is 3.53. The molecule has 0 aliphatic carbocycles. The van der Waals surface area contributed by atoms with Gasteiger partial charge in [-0.2, -0.15) is 10.4 Å². The molecule has 4 aromatic rings. The van der Waals surface area contributed by atoms with Gasteiger partial charge < -0.3 is 15.2 Å². The number of carbonyl (C=O) groups is 2. The van der Waals surface area contributed by atoms with Gasteiger partial charge in [-0.25, -0.2) is 5.43 Å². The molecule has 0 unspecified atom stereocenters. The maximum Gasteiger partial charge on any atom is 0.271 e. The van der Waals surface area contributed by atoms with E-state index >= 15 is 0 Å². The van der Waals surface area contributed by atoms with Crippen molar-refractivity contribution in [2.75, 3.05) is 11.9 Å². The number of phenols is 1. The Balaban J connectivity index is 1.45. The highest BCUT2D eigenvalue weighted by Crippen LogP contribution is 2.26. The minimum Gasteiger partial charge on any atom is -0.507 e. The van der Waals surface area contributed by atoms with Crippen molar-refractivity contribution in [1.29, 1.82) is 5.26 Å². The fraction of sp³-hybridized carbons (Fsp3) is 0.0370. The maximum atomic E-state index is 12.5. The topological polar surface area (TPSA) is 124 Å². The average molecular weight is 499 g/mol. The van der Waals surface area contributed by atoms with E-state index in [0.717, 1.165) is 10.8 Å². The summed E-state index contributed by atoms with van der Waals surface area (Å²) >= 11 is 5.86. The van der Waals surface area contributed by atoms with Gasteiger partial charge in [0.25, 0.3) is 11.8 Å². The standard InChI is InChI=1S/C27H19ClN4O4/c28-20-7-9-21(10-8-20)36-16-26(34)31-24-11-5-18(22-3-1-2-4-23(22)24)15-30-32-27(35)17-6-12-25(33)19(13-17)14-29/h1-13,15,33H,16H2,(H,31,34)(H,32,35). The molecule has 8 nitrogen and oxygen atoms in total. The van der Waals surface area contributed by atoms with Crippen LogP contribution in [0, 0.1) is 11.3 Å². The van der Waals surface area contributed by atoms with Crippen molar-refractivity contribution in [2.45, 2.75) is 0 Å². The van der Waals surface area contributed by atoms with Crippen LogP contribution in [0.15, 0.2) is 84.0 Å². The molecule has 0 bridgehead atoms. The summed E-state index contributed by atoms with van der Waals surface area (Å²) in [5.74, 6) is -0.525. The molecule has 0 heterocycles. The van der Waals surface area contributed by atoms with Crippen molar-refractivity contribution in [3.05, 3.63) is 101 Å². The first-order valence-electron chi connectivity index (χ1n) is 10.7. The van der Waals surface area contributed by atoms with E-state index in [1.807, 2.05) is 30.3 Å². The van der Waals surface area contributed by atoms with Crippen LogP contribution in [0.3, 0.4) is 0 Å². The van der Waals surface area contributed by atoms with Crippen LogP contribution in [-0.4, -0.2) is 29.7 Å². The number of hydrazone groups is 1. The quantitative estimate of drug-likeness (QED) is 0.248. The van der Waals surface area contributed by atoms with Gasteiger partial charge in [0.2, 0.25) is 0 Å². The van der Waals surface area contributed by atoms with Crippen LogP contribution in [-0.2, 0) is 4.79 Å². The third-order valence-electron chi connectivity index (χ3n) is 5.16. The fourth-order valence-electron chi connectivity index (χ4n) is 3.40. The zero-order valence-electron chi connectivity index (χ0n) is 18.7. The molecule has 0 aliphatic rings. The first kappa shape index (κ1) is 24.3. The first-order chi connectivity index (χ1) is 17.4. The molecule has 0 fully saturated rings. The molecule has 3 N–H and O–H groups in total. The summed E-state index contributed by atoms with van der Waals surface area (Å²) in [6, 6.07) is 23.4. The van der Waals surface area contributed by atoms with Crippen molar-refractivity contribution < 1.29 is 19.4 Å². The van der Waals surface area contributed by atoms with Gasteiger partial charge >= 0.3 is 0 Å². The average Bonchev–Trinajstić information content (AvgIpc) is 2.89. The van der Waals surface area contributed by atoms with E-state index in [-0.39, 0.29) is 29.4 Å². The molecule has 0 aromatic heterocycles. The van der Waals surface area contributed by atoms with Crippen LogP contribution < -0.4 is 15.5 Å². The van der Waals surface area contributed by atoms with Crippen LogP contribution in [0.25, 0.3) is 10.8 Å². The SMILES string of the molecule is N#Cc1cc(C(=O)NN=Cc2ccc(NC(=O)COc3ccc(Cl)cc3)c3ccccc23)ccc1O. The molecule has 9 heteroatoms. The summed E-state index contributed by atoms with van der Waals surface area (Å²) in [4.78, 5) is 24.8. The minimum absolute atomic E-state index is 0.00572. The molecule has 178 valence electrons. The molecule has 36 heavy (non-hydrogen) atoms. The van der Waals surface area contributed by atoms with Gasteiger partial charge in [0.1, 0.15) is 17.6 Å². The molecule has 2 amide bonds. The van der Waals surface area contributed by atoms with E-state index in [0.29, 0.717) is 22.0 Å². The van der Waals surface area contributed by atoms with Crippen LogP contribution in [0.5, 0.6) is 11.5 Å². The number of fused-ring (bicyclic) bond motifs is 1. The highest BCUT2D eigenvalue weighted by molar-refractivity contribution is 6.30. The van der Waals surface area contributed by atoms with Crippen molar-refractivity contribution in [3.63, 3.8) is 0 Å². The summed E-state index contributed by atoms with van der Waals surface area (Å²) < 4.78 is 5.50. The number of nitrogens with one attached hydrogen (secondary N) is 2. The van der Waals surface area contributed by atoms with Gasteiger partial charge in [-0.3, -0.25) is 9.59 Å². The zero-order valence-corrected chi connectivity index (χ0v) is 19.5. The zero-order chi connectivity index (χ0) is 25.5. The summed E-state index contributed by atoms with van der Waals surface area (Å²) in [5.41, 5.74) is 3.90. The summed E-state index contributed by atoms with van der Waals surface area (Å²) in [7, 11) is 0. The highest BCUT2D eigenvalue weighted by Gasteiger charge is 2.10. The van der Waals surface area contributed by atoms with Crippen LogP contribution >= 0.6 is 11.6 Å². The predicted molar refractivity (Wildman–Crippen MR) is 137 cm³/mol. The third-order valence-corrected chi connectivity index (χ3v) is 5.42. The van der Waals surface area contributed by atoms with E-state index in [1.165, 1.54) is 24.4 Å². The summed E-state index contributed by atoms with van der Waals surface area (Å²) in [5, 5.41) is 27.6. The number of rotatable bonds is 7. The molecule has 4 aromatic carbocycles. The lowest BCUT2D eigenvalue weighted by Crippen LogP contribution is -2.20. The number of carbonyl (C=O) groups excluding carboxylic acids is 2. The Morgan fingerprint density at radius 1 is 1.03 bits per heavy atom. The summed E-state index contributed by atoms with van der Waals surface area (Å²) in [6.07, 6.45) is 1.49. The number of phenolic OH excluding ortho intramolecular Hbond substituents is 1. The van der Waals surface area contributed by atoms with Crippen LogP contribution in [0.2, 0.25) is 5.02 Å². The number of amides is 2. The van der Waals surface area contributed by atoms with E-state index in [9.17, 15) is 14.7 Å². The Kier molecular flexibility index (Phi) is 7.44. The monoisotopic (exact) mass is 498 g/mol. The van der Waals surface area contributed by atoms with Crippen molar-refractivity contribution >= 4 is 46.1 Å². The number of hydrogen-bond acceptors (Lipinski definition) is 6. The smallest absolute Gasteiger partial charge is 0.271 e. The molecule has 4 rings (SSSR count). The van der Waals surface area contributed by atoms with Crippen molar-refractivity contribution in [2.24, 2.45) is 5.10 Å². The van der Waals surface area contributed by atoms with Gasteiger partial charge in [0.15, 0.2) is 6.61 Å². The second-order valence-electron chi connectivity index (χ2n) is 7.58. The predicted octanol–water partition coefficient (Wildman–Crippen LogP) is 4.85. The lowest BCUT2D eigenvalue weighted by atomic mass is 10.0. The Labute approximate surface area is 211 Å². The number of benzene rings is 4. The van der Waals surface area contributed by atoms with Gasteiger partial charge in [-0.1, -0.05) is 41.9 Å². The third kappa shape index (κ3) is 5.78. The lowest BCUT2D eigenvalue weighted by Gasteiger charge is -2.11. The van der Waals surface area contributed by atoms with E-state index < -0.39 is 5.91 Å². The number of aromatic hydroxyl groups is 1. The number of hydrogen-bond donors (Lipinski definition) is 3. The normalized spacial score (nSPS) is 10.7. The highest BCUT2D eigenvalue weighted by atomic mass is 35.5.